The second kappa shape index (κ2) is 14.0. The Kier molecular flexibility index (Phi) is 9.98. The molecule has 3 aliphatic rings. The summed E-state index contributed by atoms with van der Waals surface area (Å²) in [6.45, 7) is 1.39. The van der Waals surface area contributed by atoms with E-state index in [9.17, 15) is 43.9 Å². The van der Waals surface area contributed by atoms with E-state index in [1.165, 1.54) is 17.0 Å². The van der Waals surface area contributed by atoms with Crippen LogP contribution >= 0.6 is 23.5 Å². The molecule has 1 unspecified atom stereocenters. The van der Waals surface area contributed by atoms with Gasteiger partial charge in [0.05, 0.1) is 0 Å². The fourth-order valence-corrected chi connectivity index (χ4v) is 7.67. The molecule has 20 nitrogen and oxygen atoms in total. The van der Waals surface area contributed by atoms with E-state index in [2.05, 4.69) is 26.2 Å². The number of hydroxylamine groups is 1. The maximum absolute atomic E-state index is 13.8. The number of carboxylic acids is 2. The molecule has 0 bridgehead atoms. The number of piperazine rings is 1. The van der Waals surface area contributed by atoms with Crippen LogP contribution in [0.2, 0.25) is 0 Å². The number of carboxylic acid groups (broad SMARTS) is 2. The third kappa shape index (κ3) is 6.28. The molecule has 2 saturated heterocycles. The van der Waals surface area contributed by atoms with Crippen LogP contribution in [0.25, 0.3) is 0 Å². The van der Waals surface area contributed by atoms with E-state index in [0.29, 0.717) is 4.90 Å². The molecule has 1 aromatic carbocycles. The Balaban J connectivity index is 1.35. The molecule has 2 aromatic rings. The van der Waals surface area contributed by atoms with Crippen molar-refractivity contribution in [1.82, 2.24) is 51.0 Å². The largest absolute Gasteiger partial charge is 0.480 e. The number of nitrogens with one attached hydrogen (secondary N) is 3. The molecule has 6 N–H and O–H groups in total. The number of tetrazole rings is 1. The lowest BCUT2D eigenvalue weighted by molar-refractivity contribution is -0.171. The number of carbonyl (C=O) groups excluding carboxylic acids is 5. The van der Waals surface area contributed by atoms with Crippen LogP contribution in [0, 0.1) is 0 Å². The number of benzene rings is 1. The van der Waals surface area contributed by atoms with Gasteiger partial charge in [0.1, 0.15) is 23.7 Å². The van der Waals surface area contributed by atoms with E-state index < -0.39 is 70.9 Å². The van der Waals surface area contributed by atoms with Crippen molar-refractivity contribution in [3.8, 4) is 0 Å². The molecule has 2 fully saturated rings. The number of aromatic nitrogens is 4. The van der Waals surface area contributed by atoms with Gasteiger partial charge in [0.25, 0.3) is 5.91 Å². The number of hydrogen-bond acceptors (Lipinski definition) is 14. The van der Waals surface area contributed by atoms with Gasteiger partial charge in [-0.3, -0.25) is 33.8 Å². The molecule has 0 radical (unpaired) electrons. The topological polar surface area (TPSA) is 270 Å². The molecule has 4 heterocycles. The normalized spacial score (nSPS) is 21.4. The minimum absolute atomic E-state index is 0.0155. The van der Waals surface area contributed by atoms with Crippen LogP contribution in [0.3, 0.4) is 0 Å². The highest BCUT2D eigenvalue weighted by Gasteiger charge is 2.66. The summed E-state index contributed by atoms with van der Waals surface area (Å²) in [5.74, 6) is -6.66. The van der Waals surface area contributed by atoms with E-state index in [4.69, 9.17) is 5.11 Å². The Morgan fingerprint density at radius 2 is 1.83 bits per heavy atom. The molecule has 3 aliphatic heterocycles. The summed E-state index contributed by atoms with van der Waals surface area (Å²) in [6, 6.07) is 5.23. The van der Waals surface area contributed by atoms with Crippen molar-refractivity contribution in [2.24, 2.45) is 0 Å². The number of hydrogen-bond donors (Lipinski definition) is 6. The average Bonchev–Trinajstić information content (AvgIpc) is 3.51. The highest BCUT2D eigenvalue weighted by Crippen LogP contribution is 2.46. The maximum Gasteiger partial charge on any atom is 0.352 e. The first-order valence-electron chi connectivity index (χ1n) is 14.1. The van der Waals surface area contributed by atoms with Crippen molar-refractivity contribution in [3.63, 3.8) is 0 Å². The Labute approximate surface area is 278 Å². The summed E-state index contributed by atoms with van der Waals surface area (Å²) < 4.78 is 1.01. The lowest BCUT2D eigenvalue weighted by Gasteiger charge is -2.56. The third-order valence-corrected chi connectivity index (χ3v) is 10.0. The number of β-lactam (4-membered cyclic amide) rings is 1. The van der Waals surface area contributed by atoms with Gasteiger partial charge < -0.3 is 31.0 Å². The smallest absolute Gasteiger partial charge is 0.352 e. The fraction of sp³-hybridized carbons (Fsp3) is 0.385. The molecule has 3 atom stereocenters. The number of nitrogens with zero attached hydrogens (tertiary/aromatic N) is 7. The number of urea groups is 1. The Hall–Kier alpha value is -5.06. The van der Waals surface area contributed by atoms with Gasteiger partial charge >= 0.3 is 29.8 Å². The van der Waals surface area contributed by atoms with Crippen molar-refractivity contribution in [2.45, 2.75) is 35.7 Å². The molecule has 1 aromatic heterocycles. The molecular weight excluding hydrogens is 676 g/mol. The van der Waals surface area contributed by atoms with Gasteiger partial charge in [-0.25, -0.2) is 14.3 Å². The molecule has 254 valence electrons. The zero-order valence-electron chi connectivity index (χ0n) is 24.9. The van der Waals surface area contributed by atoms with Gasteiger partial charge in [0, 0.05) is 31.1 Å². The van der Waals surface area contributed by atoms with Crippen LogP contribution in [0.1, 0.15) is 18.5 Å². The summed E-state index contributed by atoms with van der Waals surface area (Å²) in [6.07, 6.45) is 0. The van der Waals surface area contributed by atoms with Gasteiger partial charge in [-0.15, -0.1) is 16.9 Å². The number of thioether (sulfide) groups is 2. The van der Waals surface area contributed by atoms with Gasteiger partial charge in [-0.05, 0) is 28.5 Å². The summed E-state index contributed by atoms with van der Waals surface area (Å²) in [4.78, 5) is 91.9. The Bertz CT molecular complexity index is 1700. The molecule has 48 heavy (non-hydrogen) atoms. The minimum Gasteiger partial charge on any atom is -0.480 e. The van der Waals surface area contributed by atoms with E-state index in [1.54, 1.807) is 25.1 Å². The highest BCUT2D eigenvalue weighted by atomic mass is 32.2. The zero-order valence-corrected chi connectivity index (χ0v) is 26.6. The van der Waals surface area contributed by atoms with Crippen LogP contribution in [0.5, 0.6) is 0 Å². The Morgan fingerprint density at radius 1 is 1.10 bits per heavy atom. The molecule has 0 spiro atoms. The second-order valence-corrected chi connectivity index (χ2v) is 12.5. The van der Waals surface area contributed by atoms with E-state index in [1.807, 2.05) is 5.48 Å². The monoisotopic (exact) mass is 704 g/mol. The van der Waals surface area contributed by atoms with Crippen molar-refractivity contribution < 1.29 is 49.0 Å². The maximum atomic E-state index is 13.8. The first-order chi connectivity index (χ1) is 22.9. The third-order valence-electron chi connectivity index (χ3n) is 7.61. The summed E-state index contributed by atoms with van der Waals surface area (Å²) >= 11 is 1.97. The standard InChI is InChI=1S/C26H28N10O10S2/c1-2-33-8-9-34(20(41)19(33)40)24(45)27-16(13-6-4-3-5-7-13)18(39)28-26(30-46)22(44)36-17(21(42)43)14(11-47-23(26)36)12-48-25-29-31-32-35(25)10-15(37)38/h3-7,16,23,30,46H,2,8-12H2,1H3,(H,27,45)(H,28,39)(H,37,38)(H,42,43)/t16?,23-,26-/m0/s1. The first kappa shape index (κ1) is 34.3. The molecule has 5 rings (SSSR count). The lowest BCUT2D eigenvalue weighted by Crippen LogP contribution is -2.85. The van der Waals surface area contributed by atoms with Crippen molar-refractivity contribution >= 4 is 65.1 Å². The van der Waals surface area contributed by atoms with Crippen molar-refractivity contribution in [1.29, 1.82) is 0 Å². The number of carbonyl (C=O) groups is 7. The zero-order chi connectivity index (χ0) is 34.7. The molecule has 0 saturated carbocycles. The second-order valence-electron chi connectivity index (χ2n) is 10.4. The molecule has 0 aliphatic carbocycles. The van der Waals surface area contributed by atoms with Gasteiger partial charge in [-0.2, -0.15) is 5.48 Å². The predicted octanol–water partition coefficient (Wildman–Crippen LogP) is -1.96. The lowest BCUT2D eigenvalue weighted by atomic mass is 9.94. The number of imide groups is 1. The summed E-state index contributed by atoms with van der Waals surface area (Å²) in [7, 11) is 0. The SMILES string of the molecule is CCN1CCN(C(=O)NC(C(=O)N[C@]2(NO)C(=O)N3C(C(=O)O)=C(CSc4nnnn4CC(=O)O)CS[C@H]32)c2ccccc2)C(=O)C1=O. The number of amides is 6. The number of fused-ring (bicyclic) bond motifs is 1. The highest BCUT2D eigenvalue weighted by molar-refractivity contribution is 8.01. The van der Waals surface area contributed by atoms with Crippen LogP contribution in [-0.2, 0) is 35.3 Å². The van der Waals surface area contributed by atoms with Gasteiger partial charge in [0.2, 0.25) is 16.7 Å². The van der Waals surface area contributed by atoms with Gasteiger partial charge in [-0.1, -0.05) is 42.1 Å². The van der Waals surface area contributed by atoms with Crippen LogP contribution in [0.4, 0.5) is 4.79 Å². The molecule has 22 heteroatoms. The number of likely N-dealkylation sites (N-methyl/N-ethyl adjacent to an activating group) is 1. The van der Waals surface area contributed by atoms with Crippen molar-refractivity contribution in [3.05, 3.63) is 47.2 Å². The predicted molar refractivity (Wildman–Crippen MR) is 161 cm³/mol. The summed E-state index contributed by atoms with van der Waals surface area (Å²) in [5, 5.41) is 43.9. The Morgan fingerprint density at radius 3 is 2.48 bits per heavy atom. The minimum atomic E-state index is -2.22. The molecular formula is C26H28N10O10S2. The van der Waals surface area contributed by atoms with E-state index in [-0.39, 0.29) is 47.4 Å². The quantitative estimate of drug-likeness (QED) is 0.0460. The van der Waals surface area contributed by atoms with Crippen LogP contribution < -0.4 is 16.1 Å². The fourth-order valence-electron chi connectivity index (χ4n) is 5.24. The average molecular weight is 705 g/mol. The molecule has 6 amide bonds. The van der Waals surface area contributed by atoms with Crippen molar-refractivity contribution in [2.75, 3.05) is 31.1 Å². The first-order valence-corrected chi connectivity index (χ1v) is 16.2. The summed E-state index contributed by atoms with van der Waals surface area (Å²) in [5.41, 5.74) is -0.307. The van der Waals surface area contributed by atoms with E-state index >= 15 is 0 Å². The van der Waals surface area contributed by atoms with E-state index in [0.717, 1.165) is 33.1 Å². The van der Waals surface area contributed by atoms with Gasteiger partial charge in [0.15, 0.2) is 0 Å². The number of rotatable bonds is 12. The van der Waals surface area contributed by atoms with Crippen LogP contribution in [0.15, 0.2) is 46.8 Å². The van der Waals surface area contributed by atoms with Crippen LogP contribution in [-0.4, -0.2) is 134 Å². The number of aliphatic carboxylic acids is 2.